The van der Waals surface area contributed by atoms with Crippen molar-refractivity contribution in [3.8, 4) is 0 Å². The van der Waals surface area contributed by atoms with Gasteiger partial charge in [-0.15, -0.1) is 0 Å². The van der Waals surface area contributed by atoms with E-state index < -0.39 is 97.5 Å². The van der Waals surface area contributed by atoms with Crippen molar-refractivity contribution in [2.24, 2.45) is 0 Å². The van der Waals surface area contributed by atoms with E-state index in [0.29, 0.717) is 32.1 Å². The summed E-state index contributed by atoms with van der Waals surface area (Å²) in [5, 5.41) is 10.7. The third-order valence-electron chi connectivity index (χ3n) is 17.3. The summed E-state index contributed by atoms with van der Waals surface area (Å²) in [7, 11) is -10.0. The van der Waals surface area contributed by atoms with Gasteiger partial charge in [0.15, 0.2) is 12.2 Å². The maximum Gasteiger partial charge on any atom is 0.472 e. The van der Waals surface area contributed by atoms with Crippen LogP contribution in [0.25, 0.3) is 0 Å². The van der Waals surface area contributed by atoms with E-state index in [4.69, 9.17) is 37.0 Å². The fourth-order valence-corrected chi connectivity index (χ4v) is 12.5. The maximum absolute atomic E-state index is 13.1. The topological polar surface area (TPSA) is 237 Å². The zero-order valence-corrected chi connectivity index (χ0v) is 69.5. The zero-order valence-electron chi connectivity index (χ0n) is 67.7. The van der Waals surface area contributed by atoms with Crippen LogP contribution in [0.5, 0.6) is 0 Å². The minimum absolute atomic E-state index is 0.0261. The van der Waals surface area contributed by atoms with Gasteiger partial charge < -0.3 is 33.8 Å². The lowest BCUT2D eigenvalue weighted by Gasteiger charge is -2.21. The standard InChI is InChI=1S/C89H150O17P2/c1-5-9-13-17-21-25-29-33-37-39-41-43-47-50-54-58-62-66-70-74-87(92)100-80-85(106-89(94)76-72-68-64-60-56-52-48-44-42-40-38-34-30-26-22-18-14-10-6-2)82-104-108(97,98)102-78-83(90)77-101-107(95,96)103-81-84(105-88(93)75-71-67-63-59-55-51-46-36-32-28-24-20-16-12-8-4)79-99-86(91)73-69-65-61-57-53-49-45-35-31-27-23-19-15-11-7-3/h10,14,21-23,25-27,33-35,37-38,41-45,50,52,54,56,62,66,83-85,90H,5-9,11-13,15-20,24,28-32,36,39-40,46-49,51,53,55,57-61,63-65,67-82H2,1-4H3,(H,95,96)(H,97,98)/b14-10-,25-21-,26-22-,27-23-,37-33-,38-34-,43-41-,44-42-,45-35-,54-50-,56-52-,66-62-/t83-,84+,85+/m0/s1. The summed E-state index contributed by atoms with van der Waals surface area (Å²) in [6, 6.07) is 0. The van der Waals surface area contributed by atoms with Gasteiger partial charge in [0.25, 0.3) is 0 Å². The van der Waals surface area contributed by atoms with E-state index in [1.807, 2.05) is 18.2 Å². The first-order valence-electron chi connectivity index (χ1n) is 42.1. The Bertz CT molecular complexity index is 2610. The number of carbonyl (C=O) groups is 4. The smallest absolute Gasteiger partial charge is 0.462 e. The van der Waals surface area contributed by atoms with Crippen LogP contribution in [-0.4, -0.2) is 96.7 Å². The lowest BCUT2D eigenvalue weighted by Crippen LogP contribution is -2.30. The van der Waals surface area contributed by atoms with Crippen LogP contribution in [0.2, 0.25) is 0 Å². The van der Waals surface area contributed by atoms with E-state index in [0.717, 1.165) is 148 Å². The summed E-state index contributed by atoms with van der Waals surface area (Å²) in [4.78, 5) is 73.2. The predicted molar refractivity (Wildman–Crippen MR) is 445 cm³/mol. The molecule has 17 nitrogen and oxygen atoms in total. The van der Waals surface area contributed by atoms with Crippen molar-refractivity contribution in [2.75, 3.05) is 39.6 Å². The molecular formula is C89H150O17P2. The second-order valence-electron chi connectivity index (χ2n) is 27.7. The molecule has 0 heterocycles. The summed E-state index contributed by atoms with van der Waals surface area (Å²) < 4.78 is 68.6. The van der Waals surface area contributed by atoms with E-state index in [-0.39, 0.29) is 25.7 Å². The average molecular weight is 1550 g/mol. The Labute approximate surface area is 656 Å². The SMILES string of the molecule is CC/C=C\C/C=C\C/C=C\C/C=C\C/C=C\CCCCCC(=O)O[C@H](COC(=O)CC/C=C\C/C=C\C/C=C\C/C=C\C/C=C\CCCCC)COP(=O)(O)OC[C@@H](O)COP(=O)(O)OC[C@@H](COC(=O)CCCCCCC/C=C\C/C=C\CCCCC)OC(=O)CCCCCCCCCCCCCCCCC. The molecule has 0 aromatic carbocycles. The summed E-state index contributed by atoms with van der Waals surface area (Å²) in [5.74, 6) is -2.32. The van der Waals surface area contributed by atoms with Crippen molar-refractivity contribution in [3.05, 3.63) is 146 Å². The number of allylic oxidation sites excluding steroid dienone is 24. The van der Waals surface area contributed by atoms with Crippen LogP contribution in [0.1, 0.15) is 336 Å². The largest absolute Gasteiger partial charge is 0.472 e. The molecule has 108 heavy (non-hydrogen) atoms. The number of aliphatic hydroxyl groups excluding tert-OH is 1. The van der Waals surface area contributed by atoms with Crippen LogP contribution in [0.15, 0.2) is 146 Å². The molecule has 0 fully saturated rings. The highest BCUT2D eigenvalue weighted by Gasteiger charge is 2.30. The lowest BCUT2D eigenvalue weighted by molar-refractivity contribution is -0.161. The highest BCUT2D eigenvalue weighted by atomic mass is 31.2. The van der Waals surface area contributed by atoms with Gasteiger partial charge in [0.05, 0.1) is 26.4 Å². The van der Waals surface area contributed by atoms with E-state index in [1.165, 1.54) is 103 Å². The van der Waals surface area contributed by atoms with Gasteiger partial charge >= 0.3 is 39.5 Å². The molecule has 0 rings (SSSR count). The Kier molecular flexibility index (Phi) is 76.3. The molecule has 0 aromatic rings. The number of carbonyl (C=O) groups excluding carboxylic acids is 4. The maximum atomic E-state index is 13.1. The summed E-state index contributed by atoms with van der Waals surface area (Å²) in [6.45, 7) is 4.60. The molecule has 0 amide bonds. The lowest BCUT2D eigenvalue weighted by atomic mass is 10.0. The van der Waals surface area contributed by atoms with Crippen LogP contribution in [0.4, 0.5) is 0 Å². The minimum atomic E-state index is -5.01. The molecule has 0 spiro atoms. The number of hydrogen-bond acceptors (Lipinski definition) is 15. The van der Waals surface area contributed by atoms with Gasteiger partial charge in [0, 0.05) is 25.7 Å². The third-order valence-corrected chi connectivity index (χ3v) is 19.2. The first-order chi connectivity index (χ1) is 52.7. The molecule has 2 unspecified atom stereocenters. The van der Waals surface area contributed by atoms with Crippen LogP contribution >= 0.6 is 15.6 Å². The van der Waals surface area contributed by atoms with Crippen LogP contribution < -0.4 is 0 Å². The first-order valence-corrected chi connectivity index (χ1v) is 45.1. The molecule has 0 aliphatic heterocycles. The minimum Gasteiger partial charge on any atom is -0.462 e. The van der Waals surface area contributed by atoms with E-state index in [1.54, 1.807) is 0 Å². The van der Waals surface area contributed by atoms with Crippen molar-refractivity contribution in [1.29, 1.82) is 0 Å². The number of phosphoric ester groups is 2. The molecule has 19 heteroatoms. The van der Waals surface area contributed by atoms with E-state index >= 15 is 0 Å². The van der Waals surface area contributed by atoms with Crippen LogP contribution in [-0.2, 0) is 65.4 Å². The number of unbranched alkanes of at least 4 members (excludes halogenated alkanes) is 28. The molecule has 0 aliphatic carbocycles. The molecular weight excluding hydrogens is 1400 g/mol. The van der Waals surface area contributed by atoms with Gasteiger partial charge in [-0.2, -0.15) is 0 Å². The summed E-state index contributed by atoms with van der Waals surface area (Å²) in [5.41, 5.74) is 0. The third kappa shape index (κ3) is 79.0. The first kappa shape index (κ1) is 103. The van der Waals surface area contributed by atoms with Gasteiger partial charge in [-0.25, -0.2) is 9.13 Å². The molecule has 0 saturated heterocycles. The zero-order chi connectivity index (χ0) is 78.9. The monoisotopic (exact) mass is 1550 g/mol. The molecule has 5 atom stereocenters. The predicted octanol–water partition coefficient (Wildman–Crippen LogP) is 25.0. The normalized spacial score (nSPS) is 14.5. The number of rotatable bonds is 78. The summed E-state index contributed by atoms with van der Waals surface area (Å²) in [6.07, 6.45) is 92.5. The Morgan fingerprint density at radius 1 is 0.269 bits per heavy atom. The number of ether oxygens (including phenoxy) is 4. The van der Waals surface area contributed by atoms with Gasteiger partial charge in [0.2, 0.25) is 0 Å². The quantitative estimate of drug-likeness (QED) is 0.0169. The van der Waals surface area contributed by atoms with Gasteiger partial charge in [0.1, 0.15) is 19.3 Å². The van der Waals surface area contributed by atoms with Gasteiger partial charge in [-0.1, -0.05) is 315 Å². The van der Waals surface area contributed by atoms with Crippen molar-refractivity contribution in [3.63, 3.8) is 0 Å². The van der Waals surface area contributed by atoms with Gasteiger partial charge in [-0.05, 0) is 141 Å². The number of esters is 4. The molecule has 0 bridgehead atoms. The van der Waals surface area contributed by atoms with Gasteiger partial charge in [-0.3, -0.25) is 37.3 Å². The van der Waals surface area contributed by atoms with Crippen molar-refractivity contribution < 1.29 is 80.2 Å². The second kappa shape index (κ2) is 80.0. The van der Waals surface area contributed by atoms with Crippen molar-refractivity contribution in [1.82, 2.24) is 0 Å². The molecule has 0 radical (unpaired) electrons. The fourth-order valence-electron chi connectivity index (χ4n) is 10.9. The molecule has 0 saturated carbocycles. The molecule has 0 aliphatic rings. The van der Waals surface area contributed by atoms with Crippen LogP contribution in [0, 0.1) is 0 Å². The van der Waals surface area contributed by atoms with Crippen LogP contribution in [0.3, 0.4) is 0 Å². The second-order valence-corrected chi connectivity index (χ2v) is 30.6. The highest BCUT2D eigenvalue weighted by molar-refractivity contribution is 7.47. The Morgan fingerprint density at radius 3 is 0.824 bits per heavy atom. The van der Waals surface area contributed by atoms with Crippen molar-refractivity contribution in [2.45, 2.75) is 354 Å². The summed E-state index contributed by atoms with van der Waals surface area (Å²) >= 11 is 0. The Hall–Kier alpha value is -5.06. The number of phosphoric acid groups is 2. The fraction of sp³-hybridized carbons (Fsp3) is 0.685. The Morgan fingerprint density at radius 2 is 0.500 bits per heavy atom. The molecule has 0 aromatic heterocycles. The average Bonchev–Trinajstić information content (AvgIpc) is 0.900. The number of hydrogen-bond donors (Lipinski definition) is 3. The highest BCUT2D eigenvalue weighted by Crippen LogP contribution is 2.45. The molecule has 3 N–H and O–H groups in total. The van der Waals surface area contributed by atoms with Crippen molar-refractivity contribution >= 4 is 39.5 Å². The molecule has 618 valence electrons. The van der Waals surface area contributed by atoms with E-state index in [2.05, 4.69) is 155 Å². The number of aliphatic hydroxyl groups is 1. The Balaban J connectivity index is 5.49. The van der Waals surface area contributed by atoms with E-state index in [9.17, 15) is 43.2 Å².